The Hall–Kier alpha value is -2.18. The standard InChI is InChI=1S/C20H28N4O2/c1-20(2,3)24-12-10-23(11-13-24)17(19(25)26)16-14-21-18(22(16)4)15-8-6-5-7-9-15/h5-9,14,17H,10-13H2,1-4H3,(H,25,26). The van der Waals surface area contributed by atoms with Crippen molar-refractivity contribution in [2.24, 2.45) is 7.05 Å². The van der Waals surface area contributed by atoms with Gasteiger partial charge in [0.05, 0.1) is 11.9 Å². The molecule has 1 N–H and O–H groups in total. The van der Waals surface area contributed by atoms with Gasteiger partial charge in [0.15, 0.2) is 6.04 Å². The van der Waals surface area contributed by atoms with Gasteiger partial charge in [-0.15, -0.1) is 0 Å². The predicted octanol–water partition coefficient (Wildman–Crippen LogP) is 2.63. The molecule has 2 aromatic rings. The number of carboxylic acids is 1. The molecule has 1 aromatic carbocycles. The Kier molecular flexibility index (Phi) is 5.16. The van der Waals surface area contributed by atoms with Crippen LogP contribution in [-0.4, -0.2) is 62.1 Å². The number of carbonyl (C=O) groups is 1. The highest BCUT2D eigenvalue weighted by Gasteiger charge is 2.35. The second-order valence-corrected chi connectivity index (χ2v) is 7.87. The molecule has 6 heteroatoms. The van der Waals surface area contributed by atoms with E-state index in [0.717, 1.165) is 43.3 Å². The largest absolute Gasteiger partial charge is 0.480 e. The summed E-state index contributed by atoms with van der Waals surface area (Å²) in [6, 6.07) is 9.19. The molecule has 1 unspecified atom stereocenters. The van der Waals surface area contributed by atoms with E-state index in [4.69, 9.17) is 0 Å². The van der Waals surface area contributed by atoms with E-state index in [0.29, 0.717) is 0 Å². The molecule has 1 aliphatic heterocycles. The highest BCUT2D eigenvalue weighted by Crippen LogP contribution is 2.28. The molecule has 1 atom stereocenters. The molecule has 0 aliphatic carbocycles. The van der Waals surface area contributed by atoms with Crippen LogP contribution in [0.2, 0.25) is 0 Å². The van der Waals surface area contributed by atoms with E-state index < -0.39 is 12.0 Å². The zero-order chi connectivity index (χ0) is 18.9. The van der Waals surface area contributed by atoms with Gasteiger partial charge in [0.2, 0.25) is 0 Å². The van der Waals surface area contributed by atoms with E-state index in [1.54, 1.807) is 6.20 Å². The van der Waals surface area contributed by atoms with E-state index in [2.05, 4.69) is 35.6 Å². The van der Waals surface area contributed by atoms with Gasteiger partial charge in [-0.2, -0.15) is 0 Å². The molecule has 1 saturated heterocycles. The van der Waals surface area contributed by atoms with Crippen LogP contribution in [0.25, 0.3) is 11.4 Å². The zero-order valence-electron chi connectivity index (χ0n) is 16.0. The second kappa shape index (κ2) is 7.21. The van der Waals surface area contributed by atoms with E-state index in [1.807, 2.05) is 41.9 Å². The molecular formula is C20H28N4O2. The Morgan fingerprint density at radius 1 is 1.12 bits per heavy atom. The van der Waals surface area contributed by atoms with Crippen molar-refractivity contribution in [3.8, 4) is 11.4 Å². The Balaban J connectivity index is 1.84. The van der Waals surface area contributed by atoms with Gasteiger partial charge in [0.25, 0.3) is 0 Å². The maximum absolute atomic E-state index is 12.1. The molecule has 2 heterocycles. The summed E-state index contributed by atoms with van der Waals surface area (Å²) in [4.78, 5) is 21.0. The average Bonchev–Trinajstić information content (AvgIpc) is 2.97. The van der Waals surface area contributed by atoms with Crippen LogP contribution in [0, 0.1) is 0 Å². The molecule has 140 valence electrons. The van der Waals surface area contributed by atoms with Crippen LogP contribution >= 0.6 is 0 Å². The van der Waals surface area contributed by atoms with Gasteiger partial charge in [-0.3, -0.25) is 14.6 Å². The molecule has 0 radical (unpaired) electrons. The van der Waals surface area contributed by atoms with Crippen LogP contribution in [0.5, 0.6) is 0 Å². The lowest BCUT2D eigenvalue weighted by atomic mass is 10.0. The van der Waals surface area contributed by atoms with Crippen LogP contribution in [0.15, 0.2) is 36.5 Å². The zero-order valence-corrected chi connectivity index (χ0v) is 16.0. The molecule has 1 aromatic heterocycles. The van der Waals surface area contributed by atoms with Crippen molar-refractivity contribution in [3.63, 3.8) is 0 Å². The third kappa shape index (κ3) is 3.66. The van der Waals surface area contributed by atoms with Gasteiger partial charge in [-0.05, 0) is 20.8 Å². The van der Waals surface area contributed by atoms with Crippen LogP contribution in [0.4, 0.5) is 0 Å². The Labute approximate surface area is 155 Å². The topological polar surface area (TPSA) is 61.6 Å². The van der Waals surface area contributed by atoms with Crippen LogP contribution in [0.3, 0.4) is 0 Å². The molecule has 1 fully saturated rings. The lowest BCUT2D eigenvalue weighted by Crippen LogP contribution is -2.55. The normalized spacial score (nSPS) is 18.0. The number of benzene rings is 1. The molecule has 0 saturated carbocycles. The minimum Gasteiger partial charge on any atom is -0.480 e. The maximum Gasteiger partial charge on any atom is 0.327 e. The van der Waals surface area contributed by atoms with Crippen molar-refractivity contribution in [2.75, 3.05) is 26.2 Å². The molecule has 1 aliphatic rings. The van der Waals surface area contributed by atoms with Gasteiger partial charge in [0.1, 0.15) is 5.82 Å². The van der Waals surface area contributed by atoms with E-state index in [9.17, 15) is 9.90 Å². The fourth-order valence-electron chi connectivity index (χ4n) is 3.65. The molecule has 6 nitrogen and oxygen atoms in total. The van der Waals surface area contributed by atoms with E-state index >= 15 is 0 Å². The lowest BCUT2D eigenvalue weighted by molar-refractivity contribution is -0.145. The predicted molar refractivity (Wildman–Crippen MR) is 102 cm³/mol. The second-order valence-electron chi connectivity index (χ2n) is 7.87. The number of rotatable bonds is 4. The average molecular weight is 356 g/mol. The number of piperazine rings is 1. The van der Waals surface area contributed by atoms with Crippen molar-refractivity contribution < 1.29 is 9.90 Å². The highest BCUT2D eigenvalue weighted by atomic mass is 16.4. The number of aliphatic carboxylic acids is 1. The monoisotopic (exact) mass is 356 g/mol. The third-order valence-electron chi connectivity index (χ3n) is 5.20. The van der Waals surface area contributed by atoms with E-state index in [1.165, 1.54) is 0 Å². The number of aromatic nitrogens is 2. The Morgan fingerprint density at radius 3 is 2.27 bits per heavy atom. The number of carboxylic acid groups (broad SMARTS) is 1. The van der Waals surface area contributed by atoms with Gasteiger partial charge in [-0.1, -0.05) is 30.3 Å². The molecule has 3 rings (SSSR count). The minimum atomic E-state index is -0.822. The summed E-state index contributed by atoms with van der Waals surface area (Å²) in [6.07, 6.45) is 1.71. The molecule has 0 spiro atoms. The summed E-state index contributed by atoms with van der Waals surface area (Å²) in [7, 11) is 1.89. The number of hydrogen-bond acceptors (Lipinski definition) is 4. The molecule has 0 amide bonds. The number of nitrogens with zero attached hydrogens (tertiary/aromatic N) is 4. The van der Waals surface area contributed by atoms with E-state index in [-0.39, 0.29) is 5.54 Å². The van der Waals surface area contributed by atoms with Gasteiger partial charge in [-0.25, -0.2) is 4.98 Å². The summed E-state index contributed by atoms with van der Waals surface area (Å²) >= 11 is 0. The third-order valence-corrected chi connectivity index (χ3v) is 5.20. The SMILES string of the molecule is Cn1c(C(C(=O)O)N2CCN(C(C)(C)C)CC2)cnc1-c1ccccc1. The molecular weight excluding hydrogens is 328 g/mol. The van der Waals surface area contributed by atoms with Crippen molar-refractivity contribution in [1.82, 2.24) is 19.4 Å². The van der Waals surface area contributed by atoms with Crippen molar-refractivity contribution in [3.05, 3.63) is 42.2 Å². The first kappa shape index (κ1) is 18.6. The highest BCUT2D eigenvalue weighted by molar-refractivity contribution is 5.75. The number of hydrogen-bond donors (Lipinski definition) is 1. The van der Waals surface area contributed by atoms with Gasteiger partial charge in [0, 0.05) is 44.3 Å². The van der Waals surface area contributed by atoms with Crippen molar-refractivity contribution in [1.29, 1.82) is 0 Å². The Morgan fingerprint density at radius 2 is 1.73 bits per heavy atom. The molecule has 26 heavy (non-hydrogen) atoms. The fourth-order valence-corrected chi connectivity index (χ4v) is 3.65. The van der Waals surface area contributed by atoms with Gasteiger partial charge >= 0.3 is 5.97 Å². The van der Waals surface area contributed by atoms with Crippen LogP contribution in [-0.2, 0) is 11.8 Å². The van der Waals surface area contributed by atoms with Crippen molar-refractivity contribution >= 4 is 5.97 Å². The summed E-state index contributed by atoms with van der Waals surface area (Å²) in [6.45, 7) is 9.81. The lowest BCUT2D eigenvalue weighted by Gasteiger charge is -2.43. The van der Waals surface area contributed by atoms with Crippen LogP contribution < -0.4 is 0 Å². The first-order valence-corrected chi connectivity index (χ1v) is 9.08. The van der Waals surface area contributed by atoms with Crippen molar-refractivity contribution in [2.45, 2.75) is 32.4 Å². The first-order chi connectivity index (χ1) is 12.3. The summed E-state index contributed by atoms with van der Waals surface area (Å²) < 4.78 is 1.91. The van der Waals surface area contributed by atoms with Gasteiger partial charge < -0.3 is 9.67 Å². The summed E-state index contributed by atoms with van der Waals surface area (Å²) in [5, 5.41) is 9.91. The number of imidazole rings is 1. The minimum absolute atomic E-state index is 0.109. The summed E-state index contributed by atoms with van der Waals surface area (Å²) in [5.74, 6) is -0.0306. The summed E-state index contributed by atoms with van der Waals surface area (Å²) in [5.41, 5.74) is 1.82. The quantitative estimate of drug-likeness (QED) is 0.912. The van der Waals surface area contributed by atoms with Crippen LogP contribution in [0.1, 0.15) is 32.5 Å². The maximum atomic E-state index is 12.1. The fraction of sp³-hybridized carbons (Fsp3) is 0.500. The Bertz CT molecular complexity index is 756. The smallest absolute Gasteiger partial charge is 0.327 e. The first-order valence-electron chi connectivity index (χ1n) is 9.08. The molecule has 0 bridgehead atoms.